The van der Waals surface area contributed by atoms with E-state index in [9.17, 15) is 4.79 Å². The summed E-state index contributed by atoms with van der Waals surface area (Å²) in [5.74, 6) is 0.918. The molecule has 1 aromatic carbocycles. The largest absolute Gasteiger partial charge is 0.493 e. The van der Waals surface area contributed by atoms with Crippen LogP contribution in [0.25, 0.3) is 0 Å². The van der Waals surface area contributed by atoms with Gasteiger partial charge in [0.1, 0.15) is 5.75 Å². The molecule has 1 N–H and O–H groups in total. The van der Waals surface area contributed by atoms with Crippen LogP contribution in [0.5, 0.6) is 5.75 Å². The predicted octanol–water partition coefficient (Wildman–Crippen LogP) is 4.37. The van der Waals surface area contributed by atoms with Gasteiger partial charge in [0.2, 0.25) is 0 Å². The minimum absolute atomic E-state index is 0.0433. The molecule has 1 aromatic heterocycles. The van der Waals surface area contributed by atoms with Crippen molar-refractivity contribution in [3.05, 3.63) is 52.2 Å². The molecule has 5 heteroatoms. The van der Waals surface area contributed by atoms with Crippen molar-refractivity contribution >= 4 is 17.4 Å². The van der Waals surface area contributed by atoms with Crippen LogP contribution in [0.3, 0.4) is 0 Å². The molecule has 0 saturated carbocycles. The third-order valence-electron chi connectivity index (χ3n) is 4.33. The lowest BCUT2D eigenvalue weighted by molar-refractivity contribution is 0.192. The summed E-state index contributed by atoms with van der Waals surface area (Å²) in [6.45, 7) is 4.13. The van der Waals surface area contributed by atoms with Crippen molar-refractivity contribution in [2.24, 2.45) is 0 Å². The van der Waals surface area contributed by atoms with E-state index in [1.165, 1.54) is 4.88 Å². The molecule has 1 aliphatic heterocycles. The molecule has 0 radical (unpaired) electrons. The molecule has 1 saturated heterocycles. The average molecular weight is 344 g/mol. The van der Waals surface area contributed by atoms with Crippen LogP contribution in [0.1, 0.15) is 35.7 Å². The van der Waals surface area contributed by atoms with Gasteiger partial charge in [-0.3, -0.25) is 0 Å². The van der Waals surface area contributed by atoms with Gasteiger partial charge in [-0.1, -0.05) is 24.3 Å². The van der Waals surface area contributed by atoms with Gasteiger partial charge in [0.15, 0.2) is 0 Å². The van der Waals surface area contributed by atoms with Gasteiger partial charge < -0.3 is 15.0 Å². The Kier molecular flexibility index (Phi) is 5.75. The average Bonchev–Trinajstić information content (AvgIpc) is 3.27. The van der Waals surface area contributed by atoms with Gasteiger partial charge in [-0.25, -0.2) is 4.79 Å². The maximum absolute atomic E-state index is 12.4. The molecule has 0 aliphatic carbocycles. The molecule has 128 valence electrons. The first-order chi connectivity index (χ1) is 11.8. The lowest BCUT2D eigenvalue weighted by Gasteiger charge is -2.24. The minimum Gasteiger partial charge on any atom is -0.493 e. The van der Waals surface area contributed by atoms with Crippen LogP contribution in [0.4, 0.5) is 4.79 Å². The molecule has 1 atom stereocenters. The highest BCUT2D eigenvalue weighted by Crippen LogP contribution is 2.34. The molecular weight excluding hydrogens is 320 g/mol. The lowest BCUT2D eigenvalue weighted by atomic mass is 10.2. The van der Waals surface area contributed by atoms with Crippen LogP contribution < -0.4 is 10.1 Å². The fraction of sp³-hybridized carbons (Fsp3) is 0.421. The van der Waals surface area contributed by atoms with E-state index in [-0.39, 0.29) is 12.1 Å². The Bertz CT molecular complexity index is 657. The van der Waals surface area contributed by atoms with E-state index in [2.05, 4.69) is 22.8 Å². The number of likely N-dealkylation sites (tertiary alicyclic amines) is 1. The van der Waals surface area contributed by atoms with Gasteiger partial charge in [0, 0.05) is 18.0 Å². The topological polar surface area (TPSA) is 41.6 Å². The molecule has 1 fully saturated rings. The number of benzene rings is 1. The van der Waals surface area contributed by atoms with Gasteiger partial charge in [0.25, 0.3) is 0 Å². The predicted molar refractivity (Wildman–Crippen MR) is 97.7 cm³/mol. The van der Waals surface area contributed by atoms with Crippen LogP contribution in [0.2, 0.25) is 0 Å². The van der Waals surface area contributed by atoms with E-state index in [0.717, 1.165) is 37.1 Å². The van der Waals surface area contributed by atoms with Crippen LogP contribution in [-0.2, 0) is 0 Å². The molecule has 0 bridgehead atoms. The lowest BCUT2D eigenvalue weighted by Crippen LogP contribution is -2.40. The Morgan fingerprint density at radius 1 is 1.33 bits per heavy atom. The van der Waals surface area contributed by atoms with Crippen molar-refractivity contribution in [3.8, 4) is 5.75 Å². The highest BCUT2D eigenvalue weighted by Gasteiger charge is 2.30. The second kappa shape index (κ2) is 8.20. The normalized spacial score (nSPS) is 17.0. The number of carbonyl (C=O) groups is 1. The summed E-state index contributed by atoms with van der Waals surface area (Å²) in [6.07, 6.45) is 2.94. The zero-order valence-electron chi connectivity index (χ0n) is 14.0. The summed E-state index contributed by atoms with van der Waals surface area (Å²) < 4.78 is 5.76. The SMILES string of the molecule is Cc1ccccc1OCCCNC(=O)N1CCCC1c1cccs1. The Morgan fingerprint density at radius 2 is 2.21 bits per heavy atom. The molecule has 2 heterocycles. The van der Waals surface area contributed by atoms with Crippen molar-refractivity contribution in [2.45, 2.75) is 32.2 Å². The second-order valence-corrected chi connectivity index (χ2v) is 7.05. The van der Waals surface area contributed by atoms with Gasteiger partial charge in [-0.05, 0) is 49.3 Å². The van der Waals surface area contributed by atoms with E-state index in [4.69, 9.17) is 4.74 Å². The highest BCUT2D eigenvalue weighted by molar-refractivity contribution is 7.10. The van der Waals surface area contributed by atoms with E-state index < -0.39 is 0 Å². The number of nitrogens with one attached hydrogen (secondary N) is 1. The molecule has 0 spiro atoms. The van der Waals surface area contributed by atoms with Crippen molar-refractivity contribution in [3.63, 3.8) is 0 Å². The summed E-state index contributed by atoms with van der Waals surface area (Å²) in [7, 11) is 0. The highest BCUT2D eigenvalue weighted by atomic mass is 32.1. The van der Waals surface area contributed by atoms with E-state index in [1.54, 1.807) is 11.3 Å². The first-order valence-corrected chi connectivity index (χ1v) is 9.40. The number of thiophene rings is 1. The fourth-order valence-corrected chi connectivity index (χ4v) is 3.93. The van der Waals surface area contributed by atoms with Crippen molar-refractivity contribution in [2.75, 3.05) is 19.7 Å². The summed E-state index contributed by atoms with van der Waals surface area (Å²) in [5, 5.41) is 5.11. The Hall–Kier alpha value is -2.01. The Labute approximate surface area is 147 Å². The number of nitrogens with zero attached hydrogens (tertiary/aromatic N) is 1. The fourth-order valence-electron chi connectivity index (χ4n) is 3.06. The van der Waals surface area contributed by atoms with Gasteiger partial charge >= 0.3 is 6.03 Å². The van der Waals surface area contributed by atoms with Crippen LogP contribution in [-0.4, -0.2) is 30.6 Å². The number of amides is 2. The summed E-state index contributed by atoms with van der Waals surface area (Å²) in [4.78, 5) is 15.7. The molecule has 2 amide bonds. The smallest absolute Gasteiger partial charge is 0.317 e. The van der Waals surface area contributed by atoms with Crippen LogP contribution >= 0.6 is 11.3 Å². The summed E-state index contributed by atoms with van der Waals surface area (Å²) in [6, 6.07) is 12.5. The quantitative estimate of drug-likeness (QED) is 0.791. The molecule has 4 nitrogen and oxygen atoms in total. The number of para-hydroxylation sites is 1. The van der Waals surface area contributed by atoms with Gasteiger partial charge in [-0.2, -0.15) is 0 Å². The van der Waals surface area contributed by atoms with Gasteiger partial charge in [-0.15, -0.1) is 11.3 Å². The van der Waals surface area contributed by atoms with E-state index in [0.29, 0.717) is 13.2 Å². The molecule has 2 aromatic rings. The number of rotatable bonds is 6. The van der Waals surface area contributed by atoms with Crippen molar-refractivity contribution < 1.29 is 9.53 Å². The number of urea groups is 1. The van der Waals surface area contributed by atoms with Crippen molar-refractivity contribution in [1.82, 2.24) is 10.2 Å². The minimum atomic E-state index is 0.0433. The first-order valence-electron chi connectivity index (χ1n) is 8.52. The monoisotopic (exact) mass is 344 g/mol. The molecule has 24 heavy (non-hydrogen) atoms. The van der Waals surface area contributed by atoms with Gasteiger partial charge in [0.05, 0.1) is 12.6 Å². The van der Waals surface area contributed by atoms with Crippen LogP contribution in [0.15, 0.2) is 41.8 Å². The maximum atomic E-state index is 12.4. The number of ether oxygens (including phenoxy) is 1. The molecule has 3 rings (SSSR count). The zero-order chi connectivity index (χ0) is 16.8. The third-order valence-corrected chi connectivity index (χ3v) is 5.31. The van der Waals surface area contributed by atoms with Crippen LogP contribution in [0, 0.1) is 6.92 Å². The summed E-state index contributed by atoms with van der Waals surface area (Å²) in [5.41, 5.74) is 1.14. The van der Waals surface area contributed by atoms with Crippen molar-refractivity contribution in [1.29, 1.82) is 0 Å². The Balaban J connectivity index is 1.40. The zero-order valence-corrected chi connectivity index (χ0v) is 14.8. The second-order valence-electron chi connectivity index (χ2n) is 6.07. The maximum Gasteiger partial charge on any atom is 0.317 e. The number of carbonyl (C=O) groups excluding carboxylic acids is 1. The first kappa shape index (κ1) is 16.8. The number of hydrogen-bond acceptors (Lipinski definition) is 3. The van der Waals surface area contributed by atoms with E-state index >= 15 is 0 Å². The van der Waals surface area contributed by atoms with E-state index in [1.807, 2.05) is 36.1 Å². The number of aryl methyl sites for hydroxylation is 1. The molecule has 1 unspecified atom stereocenters. The summed E-state index contributed by atoms with van der Waals surface area (Å²) >= 11 is 1.73. The Morgan fingerprint density at radius 3 is 3.00 bits per heavy atom. The molecule has 1 aliphatic rings. The molecular formula is C19H24N2O2S. The number of hydrogen-bond donors (Lipinski definition) is 1. The third kappa shape index (κ3) is 4.09. The standard InChI is InChI=1S/C19H24N2O2S/c1-15-7-2-3-9-17(15)23-13-6-11-20-19(22)21-12-4-8-16(21)18-10-5-14-24-18/h2-3,5,7,9-10,14,16H,4,6,8,11-13H2,1H3,(H,20,22).